The van der Waals surface area contributed by atoms with Crippen molar-refractivity contribution in [2.24, 2.45) is 5.73 Å². The zero-order valence-electron chi connectivity index (χ0n) is 7.02. The molecule has 1 amide bonds. The van der Waals surface area contributed by atoms with Crippen molar-refractivity contribution >= 4 is 11.9 Å². The maximum Gasteiger partial charge on any atom is 0.356 e. The molecule has 0 aliphatic heterocycles. The third-order valence-corrected chi connectivity index (χ3v) is 1.55. The second kappa shape index (κ2) is 3.26. The van der Waals surface area contributed by atoms with Gasteiger partial charge in [-0.25, -0.2) is 4.79 Å². The van der Waals surface area contributed by atoms with E-state index in [1.165, 1.54) is 4.68 Å². The molecule has 0 aromatic carbocycles. The van der Waals surface area contributed by atoms with Crippen molar-refractivity contribution in [2.75, 3.05) is 0 Å². The van der Waals surface area contributed by atoms with Crippen molar-refractivity contribution in [3.63, 3.8) is 0 Å². The second-order valence-corrected chi connectivity index (χ2v) is 2.40. The third-order valence-electron chi connectivity index (χ3n) is 1.55. The molecule has 0 spiro atoms. The third kappa shape index (κ3) is 1.66. The standard InChI is InChI=1S/C7H9N3O3/c1-2-10-5(6(8)11)3-4(9-10)7(12)13/h3H,2H2,1H3,(H2,8,11)(H,12,13). The number of aromatic carboxylic acids is 1. The highest BCUT2D eigenvalue weighted by Crippen LogP contribution is 2.03. The smallest absolute Gasteiger partial charge is 0.356 e. The van der Waals surface area contributed by atoms with Gasteiger partial charge in [0.2, 0.25) is 0 Å². The van der Waals surface area contributed by atoms with Crippen LogP contribution < -0.4 is 5.73 Å². The summed E-state index contributed by atoms with van der Waals surface area (Å²) in [6.45, 7) is 2.15. The minimum absolute atomic E-state index is 0.111. The molecule has 1 rings (SSSR count). The van der Waals surface area contributed by atoms with Gasteiger partial charge >= 0.3 is 5.97 Å². The highest BCUT2D eigenvalue weighted by atomic mass is 16.4. The summed E-state index contributed by atoms with van der Waals surface area (Å²) >= 11 is 0. The number of nitrogens with two attached hydrogens (primary N) is 1. The second-order valence-electron chi connectivity index (χ2n) is 2.40. The predicted molar refractivity (Wildman–Crippen MR) is 43.4 cm³/mol. The zero-order chi connectivity index (χ0) is 10.0. The molecule has 13 heavy (non-hydrogen) atoms. The lowest BCUT2D eigenvalue weighted by Crippen LogP contribution is -2.16. The fraction of sp³-hybridized carbons (Fsp3) is 0.286. The van der Waals surface area contributed by atoms with Gasteiger partial charge in [0, 0.05) is 12.6 Å². The van der Waals surface area contributed by atoms with Crippen LogP contribution in [0.5, 0.6) is 0 Å². The number of primary amides is 1. The number of hydrogen-bond donors (Lipinski definition) is 2. The largest absolute Gasteiger partial charge is 0.476 e. The summed E-state index contributed by atoms with van der Waals surface area (Å²) in [5.41, 5.74) is 4.95. The summed E-state index contributed by atoms with van der Waals surface area (Å²) in [6.07, 6.45) is 0. The lowest BCUT2D eigenvalue weighted by atomic mass is 10.3. The van der Waals surface area contributed by atoms with Gasteiger partial charge in [-0.2, -0.15) is 5.10 Å². The molecule has 3 N–H and O–H groups in total. The molecule has 70 valence electrons. The molecule has 0 atom stereocenters. The average Bonchev–Trinajstić information content (AvgIpc) is 2.47. The Balaban J connectivity index is 3.19. The van der Waals surface area contributed by atoms with E-state index in [2.05, 4.69) is 5.10 Å². The van der Waals surface area contributed by atoms with Gasteiger partial charge in [0.25, 0.3) is 5.91 Å². The van der Waals surface area contributed by atoms with Gasteiger partial charge in [-0.05, 0) is 6.92 Å². The van der Waals surface area contributed by atoms with Crippen LogP contribution in [0, 0.1) is 0 Å². The van der Waals surface area contributed by atoms with Crippen LogP contribution in [0.2, 0.25) is 0 Å². The topological polar surface area (TPSA) is 98.2 Å². The van der Waals surface area contributed by atoms with E-state index in [-0.39, 0.29) is 11.4 Å². The number of amides is 1. The number of carboxylic acids is 1. The van der Waals surface area contributed by atoms with Crippen LogP contribution >= 0.6 is 0 Å². The molecule has 0 saturated carbocycles. The van der Waals surface area contributed by atoms with Crippen LogP contribution in [0.25, 0.3) is 0 Å². The highest BCUT2D eigenvalue weighted by Gasteiger charge is 2.15. The molecule has 0 unspecified atom stereocenters. The summed E-state index contributed by atoms with van der Waals surface area (Å²) in [6, 6.07) is 1.16. The Morgan fingerprint density at radius 2 is 2.31 bits per heavy atom. The number of nitrogens with zero attached hydrogens (tertiary/aromatic N) is 2. The summed E-state index contributed by atoms with van der Waals surface area (Å²) in [5.74, 6) is -1.85. The normalized spacial score (nSPS) is 9.92. The minimum atomic E-state index is -1.17. The molecule has 0 aliphatic carbocycles. The van der Waals surface area contributed by atoms with Crippen LogP contribution in [-0.2, 0) is 6.54 Å². The van der Waals surface area contributed by atoms with Gasteiger partial charge in [0.15, 0.2) is 5.69 Å². The van der Waals surface area contributed by atoms with E-state index in [9.17, 15) is 9.59 Å². The number of aryl methyl sites for hydroxylation is 1. The molecule has 1 aromatic heterocycles. The lowest BCUT2D eigenvalue weighted by Gasteiger charge is -1.97. The van der Waals surface area contributed by atoms with E-state index in [1.807, 2.05) is 0 Å². The summed E-state index contributed by atoms with van der Waals surface area (Å²) in [7, 11) is 0. The van der Waals surface area contributed by atoms with E-state index < -0.39 is 11.9 Å². The zero-order valence-corrected chi connectivity index (χ0v) is 7.02. The Morgan fingerprint density at radius 3 is 2.62 bits per heavy atom. The molecule has 1 heterocycles. The SMILES string of the molecule is CCn1nc(C(=O)O)cc1C(N)=O. The maximum absolute atomic E-state index is 10.8. The summed E-state index contributed by atoms with van der Waals surface area (Å²) in [4.78, 5) is 21.3. The van der Waals surface area contributed by atoms with E-state index in [1.54, 1.807) is 6.92 Å². The first-order valence-electron chi connectivity index (χ1n) is 3.67. The van der Waals surface area contributed by atoms with Crippen molar-refractivity contribution in [3.05, 3.63) is 17.5 Å². The summed E-state index contributed by atoms with van der Waals surface area (Å²) < 4.78 is 1.26. The van der Waals surface area contributed by atoms with Crippen molar-refractivity contribution in [1.82, 2.24) is 9.78 Å². The Morgan fingerprint density at radius 1 is 1.69 bits per heavy atom. The molecule has 0 aliphatic rings. The van der Waals surface area contributed by atoms with E-state index in [4.69, 9.17) is 10.8 Å². The number of hydrogen-bond acceptors (Lipinski definition) is 3. The van der Waals surface area contributed by atoms with Crippen molar-refractivity contribution in [3.8, 4) is 0 Å². The first kappa shape index (κ1) is 9.24. The monoisotopic (exact) mass is 183 g/mol. The molecule has 0 fully saturated rings. The Labute approximate surface area is 74.0 Å². The quantitative estimate of drug-likeness (QED) is 0.672. The number of carboxylic acid groups (broad SMARTS) is 1. The van der Waals surface area contributed by atoms with Crippen molar-refractivity contribution < 1.29 is 14.7 Å². The number of carbonyl (C=O) groups is 2. The molecule has 0 bridgehead atoms. The van der Waals surface area contributed by atoms with Crippen molar-refractivity contribution in [2.45, 2.75) is 13.5 Å². The van der Waals surface area contributed by atoms with E-state index in [0.717, 1.165) is 6.07 Å². The van der Waals surface area contributed by atoms with E-state index in [0.29, 0.717) is 6.54 Å². The van der Waals surface area contributed by atoms with Gasteiger partial charge in [-0.15, -0.1) is 0 Å². The van der Waals surface area contributed by atoms with Gasteiger partial charge in [-0.3, -0.25) is 9.48 Å². The number of aromatic nitrogens is 2. The Bertz CT molecular complexity index is 356. The molecular formula is C7H9N3O3. The Hall–Kier alpha value is -1.85. The van der Waals surface area contributed by atoms with Crippen LogP contribution in [0.15, 0.2) is 6.07 Å². The summed E-state index contributed by atoms with van der Waals surface area (Å²) in [5, 5.41) is 12.2. The number of carbonyl (C=O) groups excluding carboxylic acids is 1. The lowest BCUT2D eigenvalue weighted by molar-refractivity contribution is 0.0689. The predicted octanol–water partition coefficient (Wildman–Crippen LogP) is -0.300. The fourth-order valence-electron chi connectivity index (χ4n) is 0.961. The van der Waals surface area contributed by atoms with Crippen LogP contribution in [0.3, 0.4) is 0 Å². The first-order chi connectivity index (χ1) is 6.06. The van der Waals surface area contributed by atoms with E-state index >= 15 is 0 Å². The van der Waals surface area contributed by atoms with Gasteiger partial charge in [0.1, 0.15) is 5.69 Å². The minimum Gasteiger partial charge on any atom is -0.476 e. The first-order valence-corrected chi connectivity index (χ1v) is 3.67. The molecule has 0 saturated heterocycles. The van der Waals surface area contributed by atoms with Gasteiger partial charge in [-0.1, -0.05) is 0 Å². The molecular weight excluding hydrogens is 174 g/mol. The van der Waals surface area contributed by atoms with Crippen molar-refractivity contribution in [1.29, 1.82) is 0 Å². The van der Waals surface area contributed by atoms with Crippen LogP contribution in [0.4, 0.5) is 0 Å². The fourth-order valence-corrected chi connectivity index (χ4v) is 0.961. The molecule has 6 nitrogen and oxygen atoms in total. The average molecular weight is 183 g/mol. The van der Waals surface area contributed by atoms with Gasteiger partial charge in [0.05, 0.1) is 0 Å². The Kier molecular flexibility index (Phi) is 2.32. The highest BCUT2D eigenvalue weighted by molar-refractivity contribution is 5.94. The van der Waals surface area contributed by atoms with Crippen LogP contribution in [-0.4, -0.2) is 26.8 Å². The maximum atomic E-state index is 10.8. The molecule has 0 radical (unpaired) electrons. The molecule has 6 heteroatoms. The van der Waals surface area contributed by atoms with Crippen LogP contribution in [0.1, 0.15) is 27.9 Å². The molecule has 1 aromatic rings. The number of rotatable bonds is 3. The van der Waals surface area contributed by atoms with Gasteiger partial charge < -0.3 is 10.8 Å².